The van der Waals surface area contributed by atoms with Crippen LogP contribution in [0.15, 0.2) is 18.2 Å². The second-order valence-corrected chi connectivity index (χ2v) is 5.59. The summed E-state index contributed by atoms with van der Waals surface area (Å²) < 4.78 is 18.7. The van der Waals surface area contributed by atoms with E-state index in [1.807, 2.05) is 0 Å². The molecule has 1 aliphatic rings. The SMILES string of the molecule is COC(=O)c1ccc(CN2C(C)CCCC2CO)c(F)c1. The minimum Gasteiger partial charge on any atom is -0.465 e. The molecule has 0 amide bonds. The molecule has 0 bridgehead atoms. The number of likely N-dealkylation sites (tertiary alicyclic amines) is 1. The van der Waals surface area contributed by atoms with Crippen molar-refractivity contribution in [2.24, 2.45) is 0 Å². The topological polar surface area (TPSA) is 49.8 Å². The van der Waals surface area contributed by atoms with Gasteiger partial charge in [0.2, 0.25) is 0 Å². The number of hydrogen-bond donors (Lipinski definition) is 1. The van der Waals surface area contributed by atoms with Crippen molar-refractivity contribution < 1.29 is 19.0 Å². The van der Waals surface area contributed by atoms with Gasteiger partial charge in [0.25, 0.3) is 0 Å². The molecule has 1 aliphatic heterocycles. The zero-order valence-corrected chi connectivity index (χ0v) is 12.5. The lowest BCUT2D eigenvalue weighted by Crippen LogP contribution is -2.46. The normalized spacial score (nSPS) is 23.0. The molecule has 2 unspecified atom stereocenters. The summed E-state index contributed by atoms with van der Waals surface area (Å²) in [5, 5.41) is 9.48. The molecule has 1 saturated heterocycles. The first kappa shape index (κ1) is 15.9. The molecule has 0 aliphatic carbocycles. The van der Waals surface area contributed by atoms with E-state index in [9.17, 15) is 14.3 Å². The number of aliphatic hydroxyl groups is 1. The molecule has 4 nitrogen and oxygen atoms in total. The Bertz CT molecular complexity index is 506. The molecular formula is C16H22FNO3. The Morgan fingerprint density at radius 2 is 2.24 bits per heavy atom. The van der Waals surface area contributed by atoms with Gasteiger partial charge in [0.15, 0.2) is 0 Å². The number of nitrogens with zero attached hydrogens (tertiary/aromatic N) is 1. The minimum absolute atomic E-state index is 0.0773. The Morgan fingerprint density at radius 3 is 2.86 bits per heavy atom. The lowest BCUT2D eigenvalue weighted by atomic mass is 9.96. The number of halogens is 1. The zero-order valence-electron chi connectivity index (χ0n) is 12.5. The molecule has 5 heteroatoms. The summed E-state index contributed by atoms with van der Waals surface area (Å²) in [4.78, 5) is 13.5. The van der Waals surface area contributed by atoms with Gasteiger partial charge in [-0.25, -0.2) is 9.18 Å². The van der Waals surface area contributed by atoms with E-state index >= 15 is 0 Å². The summed E-state index contributed by atoms with van der Waals surface area (Å²) in [6, 6.07) is 4.80. The maximum absolute atomic E-state index is 14.2. The molecule has 21 heavy (non-hydrogen) atoms. The number of carbonyl (C=O) groups is 1. The number of ether oxygens (including phenoxy) is 1. The van der Waals surface area contributed by atoms with E-state index in [-0.39, 0.29) is 18.2 Å². The van der Waals surface area contributed by atoms with Gasteiger partial charge in [-0.15, -0.1) is 0 Å². The van der Waals surface area contributed by atoms with Gasteiger partial charge in [-0.3, -0.25) is 4.90 Å². The molecule has 1 heterocycles. The summed E-state index contributed by atoms with van der Waals surface area (Å²) in [5.41, 5.74) is 0.749. The van der Waals surface area contributed by atoms with E-state index in [2.05, 4.69) is 16.6 Å². The fraction of sp³-hybridized carbons (Fsp3) is 0.562. The van der Waals surface area contributed by atoms with Crippen LogP contribution in [0.3, 0.4) is 0 Å². The molecule has 0 saturated carbocycles. The Balaban J connectivity index is 2.16. The minimum atomic E-state index is -0.542. The third-order valence-corrected chi connectivity index (χ3v) is 4.23. The van der Waals surface area contributed by atoms with Crippen molar-refractivity contribution >= 4 is 5.97 Å². The predicted molar refractivity (Wildman–Crippen MR) is 77.5 cm³/mol. The monoisotopic (exact) mass is 295 g/mol. The van der Waals surface area contributed by atoms with Crippen molar-refractivity contribution in [2.75, 3.05) is 13.7 Å². The average Bonchev–Trinajstić information content (AvgIpc) is 2.50. The fourth-order valence-electron chi connectivity index (χ4n) is 2.94. The third-order valence-electron chi connectivity index (χ3n) is 4.23. The lowest BCUT2D eigenvalue weighted by molar-refractivity contribution is 0.0443. The highest BCUT2D eigenvalue weighted by atomic mass is 19.1. The lowest BCUT2D eigenvalue weighted by Gasteiger charge is -2.40. The number of piperidine rings is 1. The number of benzene rings is 1. The number of hydrogen-bond acceptors (Lipinski definition) is 4. The van der Waals surface area contributed by atoms with Gasteiger partial charge in [-0.1, -0.05) is 12.5 Å². The van der Waals surface area contributed by atoms with Crippen LogP contribution in [0.5, 0.6) is 0 Å². The van der Waals surface area contributed by atoms with Gasteiger partial charge in [-0.2, -0.15) is 0 Å². The molecular weight excluding hydrogens is 273 g/mol. The Labute approximate surface area is 124 Å². The number of rotatable bonds is 4. The smallest absolute Gasteiger partial charge is 0.337 e. The number of methoxy groups -OCH3 is 1. The third kappa shape index (κ3) is 3.60. The summed E-state index contributed by atoms with van der Waals surface area (Å²) in [7, 11) is 1.27. The quantitative estimate of drug-likeness (QED) is 0.866. The molecule has 0 spiro atoms. The van der Waals surface area contributed by atoms with Crippen molar-refractivity contribution in [1.29, 1.82) is 0 Å². The van der Waals surface area contributed by atoms with E-state index in [1.54, 1.807) is 12.1 Å². The largest absolute Gasteiger partial charge is 0.465 e. The maximum atomic E-state index is 14.2. The Hall–Kier alpha value is -1.46. The molecule has 0 radical (unpaired) electrons. The number of aliphatic hydroxyl groups excluding tert-OH is 1. The van der Waals surface area contributed by atoms with E-state index in [0.29, 0.717) is 18.2 Å². The second kappa shape index (κ2) is 7.00. The molecule has 1 N–H and O–H groups in total. The predicted octanol–water partition coefficient (Wildman–Crippen LogP) is 2.35. The van der Waals surface area contributed by atoms with Crippen molar-refractivity contribution in [3.8, 4) is 0 Å². The van der Waals surface area contributed by atoms with Crippen molar-refractivity contribution in [3.63, 3.8) is 0 Å². The van der Waals surface area contributed by atoms with Gasteiger partial charge in [0.05, 0.1) is 19.3 Å². The molecule has 1 aromatic rings. The van der Waals surface area contributed by atoms with Crippen molar-refractivity contribution in [2.45, 2.75) is 44.8 Å². The van der Waals surface area contributed by atoms with Gasteiger partial charge >= 0.3 is 5.97 Å². The van der Waals surface area contributed by atoms with Crippen LogP contribution < -0.4 is 0 Å². The van der Waals surface area contributed by atoms with E-state index in [4.69, 9.17) is 0 Å². The highest BCUT2D eigenvalue weighted by Crippen LogP contribution is 2.25. The molecule has 2 atom stereocenters. The van der Waals surface area contributed by atoms with Crippen LogP contribution in [0.25, 0.3) is 0 Å². The Morgan fingerprint density at radius 1 is 1.48 bits per heavy atom. The molecule has 1 fully saturated rings. The molecule has 1 aromatic carbocycles. The summed E-state index contributed by atoms with van der Waals surface area (Å²) in [6.07, 6.45) is 3.08. The summed E-state index contributed by atoms with van der Waals surface area (Å²) in [6.45, 7) is 2.63. The molecule has 0 aromatic heterocycles. The van der Waals surface area contributed by atoms with Crippen LogP contribution in [0.4, 0.5) is 4.39 Å². The first-order chi connectivity index (χ1) is 10.1. The van der Waals surface area contributed by atoms with Gasteiger partial charge < -0.3 is 9.84 Å². The standard InChI is InChI=1S/C16H22FNO3/c1-11-4-3-5-14(10-19)18(11)9-13-7-6-12(8-15(13)17)16(20)21-2/h6-8,11,14,19H,3-5,9-10H2,1-2H3. The van der Waals surface area contributed by atoms with Crippen molar-refractivity contribution in [3.05, 3.63) is 35.1 Å². The van der Waals surface area contributed by atoms with Gasteiger partial charge in [0, 0.05) is 24.2 Å². The zero-order chi connectivity index (χ0) is 15.4. The average molecular weight is 295 g/mol. The number of esters is 1. The summed E-state index contributed by atoms with van der Waals surface area (Å²) in [5.74, 6) is -0.951. The second-order valence-electron chi connectivity index (χ2n) is 5.59. The first-order valence-electron chi connectivity index (χ1n) is 7.30. The van der Waals surface area contributed by atoms with Crippen LogP contribution >= 0.6 is 0 Å². The van der Waals surface area contributed by atoms with E-state index in [1.165, 1.54) is 13.2 Å². The molecule has 116 valence electrons. The van der Waals surface area contributed by atoms with Crippen LogP contribution in [-0.2, 0) is 11.3 Å². The van der Waals surface area contributed by atoms with Crippen LogP contribution in [0.2, 0.25) is 0 Å². The van der Waals surface area contributed by atoms with Crippen LogP contribution in [0.1, 0.15) is 42.1 Å². The molecule has 2 rings (SSSR count). The Kier molecular flexibility index (Phi) is 5.31. The van der Waals surface area contributed by atoms with E-state index < -0.39 is 11.8 Å². The maximum Gasteiger partial charge on any atom is 0.337 e. The number of carbonyl (C=O) groups excluding carboxylic acids is 1. The first-order valence-corrected chi connectivity index (χ1v) is 7.30. The van der Waals surface area contributed by atoms with E-state index in [0.717, 1.165) is 19.3 Å². The highest BCUT2D eigenvalue weighted by molar-refractivity contribution is 5.89. The van der Waals surface area contributed by atoms with Crippen LogP contribution in [-0.4, -0.2) is 41.8 Å². The van der Waals surface area contributed by atoms with Gasteiger partial charge in [0.1, 0.15) is 5.82 Å². The van der Waals surface area contributed by atoms with Gasteiger partial charge in [-0.05, 0) is 31.9 Å². The van der Waals surface area contributed by atoms with Crippen LogP contribution in [0, 0.1) is 5.82 Å². The summed E-state index contributed by atoms with van der Waals surface area (Å²) >= 11 is 0. The highest BCUT2D eigenvalue weighted by Gasteiger charge is 2.28. The fourth-order valence-corrected chi connectivity index (χ4v) is 2.94. The van der Waals surface area contributed by atoms with Crippen molar-refractivity contribution in [1.82, 2.24) is 4.90 Å².